The van der Waals surface area contributed by atoms with Gasteiger partial charge in [-0.05, 0) is 70.5 Å². The second-order valence-electron chi connectivity index (χ2n) is 9.63. The number of hydrogen-bond donors (Lipinski definition) is 4. The number of likely N-dealkylation sites (tertiary alicyclic amines) is 1. The van der Waals surface area contributed by atoms with E-state index < -0.39 is 22.9 Å². The fourth-order valence-electron chi connectivity index (χ4n) is 4.67. The van der Waals surface area contributed by atoms with Crippen LogP contribution in [-0.2, 0) is 14.3 Å². The molecule has 1 saturated carbocycles. The highest BCUT2D eigenvalue weighted by atomic mass is 32.2. The molecule has 2 fully saturated rings. The van der Waals surface area contributed by atoms with Crippen LogP contribution in [0.4, 0.5) is 4.79 Å². The van der Waals surface area contributed by atoms with Crippen molar-refractivity contribution in [1.29, 1.82) is 5.41 Å². The predicted octanol–water partition coefficient (Wildman–Crippen LogP) is 2.48. The summed E-state index contributed by atoms with van der Waals surface area (Å²) in [5.41, 5.74) is 5.62. The van der Waals surface area contributed by atoms with Gasteiger partial charge in [0.15, 0.2) is 0 Å². The Bertz CT molecular complexity index is 709. The first kappa shape index (κ1) is 27.3. The topological polar surface area (TPSA) is 138 Å². The van der Waals surface area contributed by atoms with Gasteiger partial charge in [0, 0.05) is 23.8 Å². The van der Waals surface area contributed by atoms with Crippen LogP contribution in [0.15, 0.2) is 0 Å². The number of ether oxygens (including phenoxy) is 1. The van der Waals surface area contributed by atoms with Gasteiger partial charge in [0.2, 0.25) is 11.8 Å². The molecule has 0 aromatic rings. The van der Waals surface area contributed by atoms with Gasteiger partial charge in [0.1, 0.15) is 12.1 Å². The molecule has 2 atom stereocenters. The zero-order chi connectivity index (χ0) is 24.6. The van der Waals surface area contributed by atoms with Crippen LogP contribution in [0.1, 0.15) is 65.7 Å². The Balaban J connectivity index is 2.01. The maximum Gasteiger partial charge on any atom is 0.407 e. The maximum absolute atomic E-state index is 13.6. The van der Waals surface area contributed by atoms with Crippen molar-refractivity contribution in [3.05, 3.63) is 0 Å². The minimum atomic E-state index is -0.795. The Labute approximate surface area is 201 Å². The van der Waals surface area contributed by atoms with Crippen molar-refractivity contribution in [2.24, 2.45) is 17.6 Å². The molecule has 188 valence electrons. The molecule has 10 heteroatoms. The van der Waals surface area contributed by atoms with Crippen molar-refractivity contribution < 1.29 is 19.1 Å². The lowest BCUT2D eigenvalue weighted by Gasteiger charge is -2.37. The van der Waals surface area contributed by atoms with Crippen LogP contribution in [0.2, 0.25) is 0 Å². The summed E-state index contributed by atoms with van der Waals surface area (Å²) in [6.07, 6.45) is 5.31. The third-order valence-corrected chi connectivity index (χ3v) is 8.35. The van der Waals surface area contributed by atoms with Gasteiger partial charge in [-0.3, -0.25) is 15.0 Å². The molecule has 0 spiro atoms. The predicted molar refractivity (Wildman–Crippen MR) is 131 cm³/mol. The molecule has 0 aromatic heterocycles. The summed E-state index contributed by atoms with van der Waals surface area (Å²) in [5, 5.41) is 13.4. The Morgan fingerprint density at radius 3 is 2.45 bits per heavy atom. The van der Waals surface area contributed by atoms with Crippen LogP contribution >= 0.6 is 11.8 Å². The number of hydrogen-bond acceptors (Lipinski definition) is 6. The second kappa shape index (κ2) is 12.5. The summed E-state index contributed by atoms with van der Waals surface area (Å²) < 4.78 is 4.21. The van der Waals surface area contributed by atoms with Crippen LogP contribution < -0.4 is 16.4 Å². The number of nitrogens with one attached hydrogen (secondary N) is 3. The van der Waals surface area contributed by atoms with Gasteiger partial charge in [-0.25, -0.2) is 4.79 Å². The van der Waals surface area contributed by atoms with Crippen LogP contribution in [0.25, 0.3) is 0 Å². The van der Waals surface area contributed by atoms with Crippen molar-refractivity contribution in [2.45, 2.75) is 82.5 Å². The molecule has 33 heavy (non-hydrogen) atoms. The summed E-state index contributed by atoms with van der Waals surface area (Å²) in [6.45, 7) is 7.02. The second-order valence-corrected chi connectivity index (χ2v) is 11.4. The van der Waals surface area contributed by atoms with Crippen molar-refractivity contribution in [3.63, 3.8) is 0 Å². The van der Waals surface area contributed by atoms with Crippen molar-refractivity contribution in [1.82, 2.24) is 15.5 Å². The Kier molecular flexibility index (Phi) is 10.3. The Hall–Kier alpha value is -1.97. The lowest BCUT2D eigenvalue weighted by Crippen LogP contribution is -2.59. The maximum atomic E-state index is 13.6. The fraction of sp³-hybridized carbons (Fsp3) is 0.826. The molecule has 1 saturated heterocycles. The summed E-state index contributed by atoms with van der Waals surface area (Å²) in [6, 6.07) is -1.32. The van der Waals surface area contributed by atoms with E-state index in [-0.39, 0.29) is 23.6 Å². The van der Waals surface area contributed by atoms with Gasteiger partial charge in [0.25, 0.3) is 0 Å². The molecular weight excluding hydrogens is 442 g/mol. The molecular formula is C23H41N5O4S. The highest BCUT2D eigenvalue weighted by Gasteiger charge is 2.44. The molecule has 1 aliphatic carbocycles. The standard InChI is InChI=1S/C23H41N5O4S/c1-5-13-33-23(2,3)18(27-22(31)32-4)21(30)28-12-6-7-17(28)20(29)26-14-15-8-10-16(11-9-15)19(24)25/h15-18H,5-14H2,1-4H3,(H3,24,25)(H,26,29)(H,27,31)/t15?,16?,17-,18-/m0/s1. The number of methoxy groups -OCH3 is 1. The van der Waals surface area contributed by atoms with Crippen molar-refractivity contribution in [3.8, 4) is 0 Å². The largest absolute Gasteiger partial charge is 0.453 e. The molecule has 9 nitrogen and oxygen atoms in total. The smallest absolute Gasteiger partial charge is 0.407 e. The lowest BCUT2D eigenvalue weighted by molar-refractivity contribution is -0.140. The summed E-state index contributed by atoms with van der Waals surface area (Å²) in [7, 11) is 1.28. The van der Waals surface area contributed by atoms with E-state index >= 15 is 0 Å². The first-order valence-electron chi connectivity index (χ1n) is 12.0. The molecule has 2 aliphatic rings. The summed E-state index contributed by atoms with van der Waals surface area (Å²) >= 11 is 1.62. The number of amidine groups is 1. The quantitative estimate of drug-likeness (QED) is 0.278. The number of carbonyl (C=O) groups is 3. The first-order chi connectivity index (χ1) is 15.6. The van der Waals surface area contributed by atoms with E-state index in [9.17, 15) is 14.4 Å². The monoisotopic (exact) mass is 483 g/mol. The van der Waals surface area contributed by atoms with Crippen LogP contribution in [0, 0.1) is 17.2 Å². The normalized spacial score (nSPS) is 24.1. The van der Waals surface area contributed by atoms with Crippen molar-refractivity contribution >= 4 is 35.5 Å². The molecule has 0 bridgehead atoms. The molecule has 3 amide bonds. The van der Waals surface area contributed by atoms with Crippen LogP contribution in [-0.4, -0.2) is 71.4 Å². The average molecular weight is 484 g/mol. The highest BCUT2D eigenvalue weighted by molar-refractivity contribution is 8.00. The Morgan fingerprint density at radius 2 is 1.88 bits per heavy atom. The van der Waals surface area contributed by atoms with Gasteiger partial charge >= 0.3 is 6.09 Å². The number of alkyl carbamates (subject to hydrolysis) is 1. The molecule has 5 N–H and O–H groups in total. The molecule has 1 aliphatic heterocycles. The summed E-state index contributed by atoms with van der Waals surface area (Å²) in [4.78, 5) is 40.2. The first-order valence-corrected chi connectivity index (χ1v) is 13.0. The molecule has 0 radical (unpaired) electrons. The number of nitrogens with two attached hydrogens (primary N) is 1. The van der Waals surface area contributed by atoms with Gasteiger partial charge in [0.05, 0.1) is 12.9 Å². The number of thioether (sulfide) groups is 1. The van der Waals surface area contributed by atoms with Gasteiger partial charge in [-0.1, -0.05) is 6.92 Å². The average Bonchev–Trinajstić information content (AvgIpc) is 3.29. The third-order valence-electron chi connectivity index (χ3n) is 6.76. The van der Waals surface area contributed by atoms with E-state index in [0.29, 0.717) is 25.4 Å². The minimum absolute atomic E-state index is 0.134. The molecule has 0 aromatic carbocycles. The highest BCUT2D eigenvalue weighted by Crippen LogP contribution is 2.32. The lowest BCUT2D eigenvalue weighted by atomic mass is 9.81. The van der Waals surface area contributed by atoms with Crippen LogP contribution in [0.5, 0.6) is 0 Å². The number of nitrogens with zero attached hydrogens (tertiary/aromatic N) is 1. The van der Waals surface area contributed by atoms with Crippen molar-refractivity contribution in [2.75, 3.05) is 26.0 Å². The minimum Gasteiger partial charge on any atom is -0.453 e. The van der Waals surface area contributed by atoms with E-state index in [0.717, 1.165) is 44.3 Å². The zero-order valence-electron chi connectivity index (χ0n) is 20.4. The molecule has 1 heterocycles. The van der Waals surface area contributed by atoms with Gasteiger partial charge in [-0.15, -0.1) is 0 Å². The summed E-state index contributed by atoms with van der Waals surface area (Å²) in [5.74, 6) is 1.27. The number of amides is 3. The fourth-order valence-corrected chi connectivity index (χ4v) is 5.72. The zero-order valence-corrected chi connectivity index (χ0v) is 21.3. The SMILES string of the molecule is CCCSC(C)(C)[C@@H](NC(=O)OC)C(=O)N1CCC[C@H]1C(=O)NCC1CCC(C(=N)N)CC1. The molecule has 2 rings (SSSR count). The number of rotatable bonds is 10. The third kappa shape index (κ3) is 7.52. The van der Waals surface area contributed by atoms with Gasteiger partial charge in [-0.2, -0.15) is 11.8 Å². The Morgan fingerprint density at radius 1 is 1.21 bits per heavy atom. The van der Waals surface area contributed by atoms with E-state index in [1.54, 1.807) is 16.7 Å². The van der Waals surface area contributed by atoms with E-state index in [4.69, 9.17) is 15.9 Å². The van der Waals surface area contributed by atoms with E-state index in [1.165, 1.54) is 7.11 Å². The number of carbonyl (C=O) groups excluding carboxylic acids is 3. The van der Waals surface area contributed by atoms with E-state index in [1.807, 2.05) is 13.8 Å². The van der Waals surface area contributed by atoms with E-state index in [2.05, 4.69) is 17.6 Å². The molecule has 0 unspecified atom stereocenters. The van der Waals surface area contributed by atoms with Crippen LogP contribution in [0.3, 0.4) is 0 Å². The van der Waals surface area contributed by atoms with Gasteiger partial charge < -0.3 is 26.0 Å².